The second kappa shape index (κ2) is 11.8. The highest BCUT2D eigenvalue weighted by molar-refractivity contribution is 14.0. The minimum atomic E-state index is -0.288. The summed E-state index contributed by atoms with van der Waals surface area (Å²) in [7, 11) is 0. The number of halogens is 2. The molecular weight excluding hydrogens is 526 g/mol. The normalized spacial score (nSPS) is 13.0. The van der Waals surface area contributed by atoms with Gasteiger partial charge in [0.2, 0.25) is 5.89 Å². The van der Waals surface area contributed by atoms with E-state index in [0.29, 0.717) is 43.7 Å². The molecule has 0 amide bonds. The topological polar surface area (TPSA) is 80.9 Å². The summed E-state index contributed by atoms with van der Waals surface area (Å²) in [6, 6.07) is 12.7. The zero-order valence-corrected chi connectivity index (χ0v) is 20.1. The number of hydrogen-bond acceptors (Lipinski definition) is 5. The molecule has 9 heteroatoms. The first-order valence-electron chi connectivity index (χ1n) is 10.3. The summed E-state index contributed by atoms with van der Waals surface area (Å²) >= 11 is 0. The molecule has 2 N–H and O–H groups in total. The van der Waals surface area contributed by atoms with Gasteiger partial charge in [0, 0.05) is 24.2 Å². The number of aromatic nitrogens is 1. The predicted molar refractivity (Wildman–Crippen MR) is 131 cm³/mol. The van der Waals surface area contributed by atoms with E-state index < -0.39 is 0 Å². The summed E-state index contributed by atoms with van der Waals surface area (Å²) < 4.78 is 30.3. The molecule has 2 heterocycles. The number of hydrogen-bond donors (Lipinski definition) is 2. The van der Waals surface area contributed by atoms with E-state index >= 15 is 0 Å². The van der Waals surface area contributed by atoms with Crippen molar-refractivity contribution >= 4 is 29.9 Å². The fourth-order valence-corrected chi connectivity index (χ4v) is 3.35. The van der Waals surface area contributed by atoms with Gasteiger partial charge in [-0.3, -0.25) is 0 Å². The van der Waals surface area contributed by atoms with Crippen LogP contribution in [-0.4, -0.2) is 30.8 Å². The molecule has 0 aliphatic carbocycles. The maximum Gasteiger partial charge on any atom is 0.226 e. The van der Waals surface area contributed by atoms with Gasteiger partial charge in [-0.1, -0.05) is 18.2 Å². The van der Waals surface area contributed by atoms with E-state index in [4.69, 9.17) is 13.9 Å². The number of ether oxygens (including phenoxy) is 2. The first-order chi connectivity index (χ1) is 15.2. The van der Waals surface area contributed by atoms with Gasteiger partial charge in [0.25, 0.3) is 0 Å². The van der Waals surface area contributed by atoms with Gasteiger partial charge >= 0.3 is 0 Å². The molecule has 0 bridgehead atoms. The Balaban J connectivity index is 0.00000289. The van der Waals surface area contributed by atoms with E-state index in [1.165, 1.54) is 12.1 Å². The van der Waals surface area contributed by atoms with Crippen LogP contribution >= 0.6 is 24.0 Å². The van der Waals surface area contributed by atoms with Gasteiger partial charge in [0.05, 0.1) is 13.2 Å². The number of guanidine groups is 1. The average molecular weight is 552 g/mol. The molecule has 2 aromatic carbocycles. The van der Waals surface area contributed by atoms with Crippen molar-refractivity contribution in [1.82, 2.24) is 15.6 Å². The molecule has 170 valence electrons. The standard InChI is InChI=1S/C23H25FN4O3.HI/c1-2-25-23(27-12-20-14-30-22(28-20)16-6-4-3-5-7-16)26-9-8-17-10-19(24)11-18-13-29-15-31-21(17)18;/h3-7,10-11,14H,2,8-9,12-13,15H2,1H3,(H2,25,26,27);1H. The Hall–Kier alpha value is -2.66. The molecule has 1 aromatic heterocycles. The van der Waals surface area contributed by atoms with Gasteiger partial charge in [-0.25, -0.2) is 14.4 Å². The Kier molecular flexibility index (Phi) is 8.86. The molecule has 3 aromatic rings. The fourth-order valence-electron chi connectivity index (χ4n) is 3.35. The lowest BCUT2D eigenvalue weighted by Crippen LogP contribution is -2.38. The van der Waals surface area contributed by atoms with Crippen LogP contribution in [0.4, 0.5) is 4.39 Å². The summed E-state index contributed by atoms with van der Waals surface area (Å²) in [5.41, 5.74) is 3.21. The van der Waals surface area contributed by atoms with Crippen molar-refractivity contribution in [3.05, 3.63) is 71.4 Å². The molecule has 0 unspecified atom stereocenters. The molecular formula is C23H26FIN4O3. The third-order valence-corrected chi connectivity index (χ3v) is 4.75. The van der Waals surface area contributed by atoms with Gasteiger partial charge in [0.15, 0.2) is 12.8 Å². The molecule has 0 saturated carbocycles. The number of nitrogens with one attached hydrogen (secondary N) is 2. The number of benzene rings is 2. The lowest BCUT2D eigenvalue weighted by molar-refractivity contribution is -0.0172. The minimum absolute atomic E-state index is 0. The van der Waals surface area contributed by atoms with Crippen molar-refractivity contribution in [2.24, 2.45) is 4.99 Å². The van der Waals surface area contributed by atoms with E-state index in [1.807, 2.05) is 37.3 Å². The molecule has 4 rings (SSSR count). The summed E-state index contributed by atoms with van der Waals surface area (Å²) in [5.74, 6) is 1.65. The summed E-state index contributed by atoms with van der Waals surface area (Å²) in [6.45, 7) is 4.21. The van der Waals surface area contributed by atoms with E-state index in [0.717, 1.165) is 28.9 Å². The van der Waals surface area contributed by atoms with Crippen LogP contribution in [0.3, 0.4) is 0 Å². The predicted octanol–water partition coefficient (Wildman–Crippen LogP) is 4.26. The zero-order chi connectivity index (χ0) is 21.5. The molecule has 32 heavy (non-hydrogen) atoms. The summed E-state index contributed by atoms with van der Waals surface area (Å²) in [5, 5.41) is 6.48. The summed E-state index contributed by atoms with van der Waals surface area (Å²) in [6.07, 6.45) is 2.21. The minimum Gasteiger partial charge on any atom is -0.467 e. The van der Waals surface area contributed by atoms with Crippen molar-refractivity contribution in [2.45, 2.75) is 26.5 Å². The van der Waals surface area contributed by atoms with Crippen molar-refractivity contribution in [2.75, 3.05) is 19.9 Å². The van der Waals surface area contributed by atoms with E-state index in [-0.39, 0.29) is 36.6 Å². The maximum absolute atomic E-state index is 13.9. The third kappa shape index (κ3) is 6.19. The van der Waals surface area contributed by atoms with Crippen LogP contribution in [0.25, 0.3) is 11.5 Å². The van der Waals surface area contributed by atoms with Crippen LogP contribution in [-0.2, 0) is 24.3 Å². The van der Waals surface area contributed by atoms with E-state index in [2.05, 4.69) is 20.6 Å². The van der Waals surface area contributed by atoms with Crippen LogP contribution in [0, 0.1) is 5.82 Å². The molecule has 0 saturated heterocycles. The molecule has 0 radical (unpaired) electrons. The average Bonchev–Trinajstić information content (AvgIpc) is 3.27. The number of fused-ring (bicyclic) bond motifs is 1. The largest absolute Gasteiger partial charge is 0.467 e. The second-order valence-corrected chi connectivity index (χ2v) is 7.05. The quantitative estimate of drug-likeness (QED) is 0.259. The van der Waals surface area contributed by atoms with Crippen molar-refractivity contribution in [3.63, 3.8) is 0 Å². The van der Waals surface area contributed by atoms with E-state index in [1.54, 1.807) is 6.26 Å². The lowest BCUT2D eigenvalue weighted by Gasteiger charge is -2.21. The van der Waals surface area contributed by atoms with Crippen LogP contribution in [0.2, 0.25) is 0 Å². The fraction of sp³-hybridized carbons (Fsp3) is 0.304. The number of oxazole rings is 1. The molecule has 0 spiro atoms. The number of rotatable bonds is 7. The lowest BCUT2D eigenvalue weighted by atomic mass is 10.1. The molecule has 0 fully saturated rings. The highest BCUT2D eigenvalue weighted by Gasteiger charge is 2.16. The summed E-state index contributed by atoms with van der Waals surface area (Å²) in [4.78, 5) is 9.07. The van der Waals surface area contributed by atoms with Crippen LogP contribution < -0.4 is 15.4 Å². The Morgan fingerprint density at radius 3 is 2.84 bits per heavy atom. The Bertz CT molecular complexity index is 1040. The van der Waals surface area contributed by atoms with E-state index in [9.17, 15) is 4.39 Å². The van der Waals surface area contributed by atoms with Gasteiger partial charge in [0.1, 0.15) is 23.5 Å². The van der Waals surface area contributed by atoms with Crippen molar-refractivity contribution in [1.29, 1.82) is 0 Å². The monoisotopic (exact) mass is 552 g/mol. The second-order valence-electron chi connectivity index (χ2n) is 7.05. The highest BCUT2D eigenvalue weighted by atomic mass is 127. The maximum atomic E-state index is 13.9. The Morgan fingerprint density at radius 1 is 1.19 bits per heavy atom. The van der Waals surface area contributed by atoms with Gasteiger partial charge in [-0.15, -0.1) is 24.0 Å². The van der Waals surface area contributed by atoms with Gasteiger partial charge < -0.3 is 24.5 Å². The molecule has 1 aliphatic heterocycles. The van der Waals surface area contributed by atoms with Crippen molar-refractivity contribution < 1.29 is 18.3 Å². The highest BCUT2D eigenvalue weighted by Crippen LogP contribution is 2.29. The van der Waals surface area contributed by atoms with Crippen LogP contribution in [0.15, 0.2) is 58.1 Å². The number of aliphatic imine (C=N–C) groups is 1. The first kappa shape index (κ1) is 24.0. The van der Waals surface area contributed by atoms with Gasteiger partial charge in [-0.05, 0) is 43.2 Å². The smallest absolute Gasteiger partial charge is 0.226 e. The Morgan fingerprint density at radius 2 is 2.03 bits per heavy atom. The first-order valence-corrected chi connectivity index (χ1v) is 10.3. The van der Waals surface area contributed by atoms with Gasteiger partial charge in [-0.2, -0.15) is 0 Å². The molecule has 7 nitrogen and oxygen atoms in total. The van der Waals surface area contributed by atoms with Crippen LogP contribution in [0.5, 0.6) is 5.75 Å². The Labute approximate surface area is 203 Å². The SMILES string of the molecule is CCNC(=NCc1coc(-c2ccccc2)n1)NCCc1cc(F)cc2c1OCOC2.I. The zero-order valence-electron chi connectivity index (χ0n) is 17.8. The molecule has 1 aliphatic rings. The molecule has 0 atom stereocenters. The van der Waals surface area contributed by atoms with Crippen LogP contribution in [0.1, 0.15) is 23.7 Å². The third-order valence-electron chi connectivity index (χ3n) is 4.75. The number of nitrogens with zero attached hydrogens (tertiary/aromatic N) is 2. The van der Waals surface area contributed by atoms with Crippen molar-refractivity contribution in [3.8, 4) is 17.2 Å².